The van der Waals surface area contributed by atoms with Gasteiger partial charge in [0, 0.05) is 29.6 Å². The van der Waals surface area contributed by atoms with Gasteiger partial charge >= 0.3 is 0 Å². The molecule has 4 aromatic rings. The maximum Gasteiger partial charge on any atom is 0.253 e. The molecule has 0 bridgehead atoms. The first kappa shape index (κ1) is 23.3. The van der Waals surface area contributed by atoms with Gasteiger partial charge in [-0.25, -0.2) is 0 Å². The Balaban J connectivity index is 1.60. The summed E-state index contributed by atoms with van der Waals surface area (Å²) in [5, 5.41) is 4.82. The van der Waals surface area contributed by atoms with E-state index >= 15 is 0 Å². The molecule has 2 N–H and O–H groups in total. The van der Waals surface area contributed by atoms with Crippen molar-refractivity contribution in [2.75, 3.05) is 14.2 Å². The maximum atomic E-state index is 12.9. The summed E-state index contributed by atoms with van der Waals surface area (Å²) in [6.45, 7) is 1.50. The zero-order chi connectivity index (χ0) is 23.9. The number of methoxy groups -OCH3 is 2. The Morgan fingerprint density at radius 1 is 0.882 bits per heavy atom. The third kappa shape index (κ3) is 5.74. The van der Waals surface area contributed by atoms with Gasteiger partial charge in [0.1, 0.15) is 11.5 Å². The summed E-state index contributed by atoms with van der Waals surface area (Å²) < 4.78 is 10.6. The molecule has 0 spiro atoms. The average Bonchev–Trinajstić information content (AvgIpc) is 2.88. The van der Waals surface area contributed by atoms with Crippen molar-refractivity contribution in [2.24, 2.45) is 0 Å². The number of hydrogen-bond acceptors (Lipinski definition) is 4. The van der Waals surface area contributed by atoms with E-state index in [1.807, 2.05) is 83.8 Å². The van der Waals surface area contributed by atoms with Gasteiger partial charge in [0.15, 0.2) is 5.11 Å². The summed E-state index contributed by atoms with van der Waals surface area (Å²) in [6.07, 6.45) is 0. The topological polar surface area (TPSA) is 66.6 Å². The van der Waals surface area contributed by atoms with Gasteiger partial charge < -0.3 is 24.7 Å². The molecule has 0 saturated heterocycles. The van der Waals surface area contributed by atoms with Gasteiger partial charge in [-0.2, -0.15) is 0 Å². The first-order chi connectivity index (χ1) is 16.6. The van der Waals surface area contributed by atoms with Crippen molar-refractivity contribution in [3.8, 4) is 11.5 Å². The number of benzene rings is 3. The lowest BCUT2D eigenvalue weighted by atomic mass is 10.1. The molecule has 6 nitrogen and oxygen atoms in total. The Morgan fingerprint density at radius 2 is 1.59 bits per heavy atom. The van der Waals surface area contributed by atoms with Crippen molar-refractivity contribution in [1.29, 1.82) is 0 Å². The van der Waals surface area contributed by atoms with Crippen LogP contribution >= 0.6 is 12.2 Å². The van der Waals surface area contributed by atoms with Crippen molar-refractivity contribution in [1.82, 2.24) is 15.2 Å². The SMILES string of the molecule is COc1ccc(CN(Cc2cc3cc(OC)ccc3[nH]c2=O)C(=S)NCc2ccccc2)cc1. The summed E-state index contributed by atoms with van der Waals surface area (Å²) in [7, 11) is 3.27. The molecule has 0 aliphatic carbocycles. The van der Waals surface area contributed by atoms with Crippen LogP contribution in [-0.4, -0.2) is 29.2 Å². The van der Waals surface area contributed by atoms with Gasteiger partial charge in [0.25, 0.3) is 5.56 Å². The monoisotopic (exact) mass is 473 g/mol. The third-order valence-electron chi connectivity index (χ3n) is 5.60. The van der Waals surface area contributed by atoms with Crippen molar-refractivity contribution < 1.29 is 9.47 Å². The van der Waals surface area contributed by atoms with E-state index in [9.17, 15) is 4.79 Å². The summed E-state index contributed by atoms with van der Waals surface area (Å²) in [5.74, 6) is 1.53. The molecule has 0 saturated carbocycles. The lowest BCUT2D eigenvalue weighted by Gasteiger charge is -2.26. The molecule has 0 radical (unpaired) electrons. The third-order valence-corrected chi connectivity index (χ3v) is 6.00. The number of fused-ring (bicyclic) bond motifs is 1. The molecule has 4 rings (SSSR count). The van der Waals surface area contributed by atoms with Gasteiger partial charge in [0.2, 0.25) is 0 Å². The Hall–Kier alpha value is -3.84. The predicted octanol–water partition coefficient (Wildman–Crippen LogP) is 4.62. The number of hydrogen-bond donors (Lipinski definition) is 2. The lowest BCUT2D eigenvalue weighted by molar-refractivity contribution is 0.395. The van der Waals surface area contributed by atoms with Crippen LogP contribution in [0.5, 0.6) is 11.5 Å². The van der Waals surface area contributed by atoms with Crippen LogP contribution in [0, 0.1) is 0 Å². The molecule has 0 aliphatic heterocycles. The first-order valence-electron chi connectivity index (χ1n) is 11.0. The van der Waals surface area contributed by atoms with Crippen molar-refractivity contribution in [3.63, 3.8) is 0 Å². The van der Waals surface area contributed by atoms with E-state index in [-0.39, 0.29) is 5.56 Å². The molecule has 0 amide bonds. The van der Waals surface area contributed by atoms with E-state index < -0.39 is 0 Å². The number of ether oxygens (including phenoxy) is 2. The zero-order valence-electron chi connectivity index (χ0n) is 19.2. The highest BCUT2D eigenvalue weighted by Crippen LogP contribution is 2.20. The van der Waals surface area contributed by atoms with Crippen LogP contribution in [0.4, 0.5) is 0 Å². The van der Waals surface area contributed by atoms with Crippen LogP contribution in [0.15, 0.2) is 83.7 Å². The molecule has 0 atom stereocenters. The minimum atomic E-state index is -0.136. The molecule has 1 heterocycles. The number of nitrogens with zero attached hydrogens (tertiary/aromatic N) is 1. The number of pyridine rings is 1. The van der Waals surface area contributed by atoms with Crippen LogP contribution in [0.2, 0.25) is 0 Å². The van der Waals surface area contributed by atoms with Crippen molar-refractivity contribution >= 4 is 28.2 Å². The first-order valence-corrected chi connectivity index (χ1v) is 11.4. The number of rotatable bonds is 8. The van der Waals surface area contributed by atoms with Crippen LogP contribution in [-0.2, 0) is 19.6 Å². The quantitative estimate of drug-likeness (QED) is 0.364. The van der Waals surface area contributed by atoms with Crippen LogP contribution < -0.4 is 20.3 Å². The van der Waals surface area contributed by atoms with Crippen molar-refractivity contribution in [2.45, 2.75) is 19.6 Å². The van der Waals surface area contributed by atoms with E-state index in [0.29, 0.717) is 30.3 Å². The van der Waals surface area contributed by atoms with Gasteiger partial charge in [-0.3, -0.25) is 4.79 Å². The fraction of sp³-hybridized carbons (Fsp3) is 0.185. The van der Waals surface area contributed by atoms with E-state index in [4.69, 9.17) is 21.7 Å². The standard InChI is InChI=1S/C27H27N3O3S/c1-32-23-10-8-20(9-11-23)17-30(27(34)28-16-19-6-4-3-5-7-19)18-22-14-21-15-24(33-2)12-13-25(21)29-26(22)31/h3-15H,16-18H2,1-2H3,(H,28,34)(H,29,31). The van der Waals surface area contributed by atoms with Crippen LogP contribution in [0.3, 0.4) is 0 Å². The largest absolute Gasteiger partial charge is 0.497 e. The Labute approximate surface area is 204 Å². The minimum absolute atomic E-state index is 0.136. The van der Waals surface area contributed by atoms with Crippen LogP contribution in [0.25, 0.3) is 10.9 Å². The fourth-order valence-corrected chi connectivity index (χ4v) is 3.92. The highest BCUT2D eigenvalue weighted by atomic mass is 32.1. The highest BCUT2D eigenvalue weighted by Gasteiger charge is 2.15. The van der Waals surface area contributed by atoms with Crippen molar-refractivity contribution in [3.05, 3.63) is 106 Å². The molecule has 0 fully saturated rings. The number of thiocarbonyl (C=S) groups is 1. The fourth-order valence-electron chi connectivity index (χ4n) is 3.72. The molecule has 3 aromatic carbocycles. The number of aromatic amines is 1. The molecular formula is C27H27N3O3S. The van der Waals surface area contributed by atoms with Gasteiger partial charge in [-0.15, -0.1) is 0 Å². The molecular weight excluding hydrogens is 446 g/mol. The molecule has 34 heavy (non-hydrogen) atoms. The molecule has 174 valence electrons. The van der Waals surface area contributed by atoms with E-state index in [2.05, 4.69) is 10.3 Å². The molecule has 7 heteroatoms. The maximum absolute atomic E-state index is 12.9. The minimum Gasteiger partial charge on any atom is -0.497 e. The number of aromatic nitrogens is 1. The second-order valence-electron chi connectivity index (χ2n) is 7.93. The van der Waals surface area contributed by atoms with E-state index in [1.54, 1.807) is 14.2 Å². The number of nitrogens with one attached hydrogen (secondary N) is 2. The molecule has 1 aromatic heterocycles. The molecule has 0 unspecified atom stereocenters. The zero-order valence-corrected chi connectivity index (χ0v) is 20.0. The van der Waals surface area contributed by atoms with E-state index in [1.165, 1.54) is 0 Å². The lowest BCUT2D eigenvalue weighted by Crippen LogP contribution is -2.39. The summed E-state index contributed by atoms with van der Waals surface area (Å²) >= 11 is 5.76. The predicted molar refractivity (Wildman–Crippen MR) is 139 cm³/mol. The van der Waals surface area contributed by atoms with Gasteiger partial charge in [-0.05, 0) is 59.7 Å². The van der Waals surface area contributed by atoms with Crippen LogP contribution in [0.1, 0.15) is 16.7 Å². The van der Waals surface area contributed by atoms with E-state index in [0.717, 1.165) is 33.5 Å². The second-order valence-corrected chi connectivity index (χ2v) is 8.31. The average molecular weight is 474 g/mol. The number of H-pyrrole nitrogens is 1. The smallest absolute Gasteiger partial charge is 0.253 e. The molecule has 0 aliphatic rings. The summed E-state index contributed by atoms with van der Waals surface area (Å²) in [5.41, 5.74) is 3.44. The Kier molecular flexibility index (Phi) is 7.44. The Bertz CT molecular complexity index is 1320. The highest BCUT2D eigenvalue weighted by molar-refractivity contribution is 7.80. The Morgan fingerprint density at radius 3 is 2.29 bits per heavy atom. The van der Waals surface area contributed by atoms with Gasteiger partial charge in [-0.1, -0.05) is 42.5 Å². The second kappa shape index (κ2) is 10.9. The normalized spacial score (nSPS) is 10.6. The summed E-state index contributed by atoms with van der Waals surface area (Å²) in [4.78, 5) is 17.8. The van der Waals surface area contributed by atoms with Gasteiger partial charge in [0.05, 0.1) is 20.8 Å². The summed E-state index contributed by atoms with van der Waals surface area (Å²) in [6, 6.07) is 25.4.